The van der Waals surface area contributed by atoms with Gasteiger partial charge in [0.05, 0.1) is 28.5 Å². The summed E-state index contributed by atoms with van der Waals surface area (Å²) in [6.45, 7) is 5.46. The summed E-state index contributed by atoms with van der Waals surface area (Å²) in [5.41, 5.74) is 3.83. The van der Waals surface area contributed by atoms with E-state index < -0.39 is 0 Å². The van der Waals surface area contributed by atoms with Crippen molar-refractivity contribution in [1.82, 2.24) is 15.2 Å². The van der Waals surface area contributed by atoms with E-state index in [4.69, 9.17) is 11.6 Å². The van der Waals surface area contributed by atoms with Gasteiger partial charge in [-0.05, 0) is 19.1 Å². The Labute approximate surface area is 144 Å². The number of carbonyl (C=O) groups excluding carboxylic acids is 1. The molecule has 2 heterocycles. The van der Waals surface area contributed by atoms with Crippen LogP contribution in [0.2, 0.25) is 5.02 Å². The molecule has 1 aromatic heterocycles. The number of urea groups is 1. The van der Waals surface area contributed by atoms with Gasteiger partial charge in [0.2, 0.25) is 0 Å². The lowest BCUT2D eigenvalue weighted by Crippen LogP contribution is -2.51. The Hall–Kier alpha value is -1.79. The maximum Gasteiger partial charge on any atom is 0.317 e. The average Bonchev–Trinajstić information content (AvgIpc) is 2.98. The Kier molecular flexibility index (Phi) is 5.03. The van der Waals surface area contributed by atoms with Gasteiger partial charge in [-0.3, -0.25) is 0 Å². The van der Waals surface area contributed by atoms with Gasteiger partial charge in [-0.25, -0.2) is 9.78 Å². The monoisotopic (exact) mass is 350 g/mol. The average molecular weight is 351 g/mol. The smallest absolute Gasteiger partial charge is 0.317 e. The van der Waals surface area contributed by atoms with Gasteiger partial charge in [0.25, 0.3) is 0 Å². The van der Waals surface area contributed by atoms with Gasteiger partial charge in [0.15, 0.2) is 0 Å². The van der Waals surface area contributed by atoms with Crippen molar-refractivity contribution in [3.63, 3.8) is 0 Å². The first-order chi connectivity index (χ1) is 11.1. The highest BCUT2D eigenvalue weighted by atomic mass is 35.5. The SMILES string of the molecule is Cc1ncsc1CNC(=O)N1CCN(c2ccccc2Cl)CC1. The highest BCUT2D eigenvalue weighted by molar-refractivity contribution is 7.09. The number of nitrogens with one attached hydrogen (secondary N) is 1. The largest absolute Gasteiger partial charge is 0.367 e. The predicted octanol–water partition coefficient (Wildman–Crippen LogP) is 3.14. The molecule has 1 aliphatic heterocycles. The molecule has 2 aromatic rings. The van der Waals surface area contributed by atoms with E-state index in [1.54, 1.807) is 16.8 Å². The first kappa shape index (κ1) is 16.1. The zero-order valence-electron chi connectivity index (χ0n) is 13.0. The third-order valence-electron chi connectivity index (χ3n) is 4.01. The number of benzene rings is 1. The quantitative estimate of drug-likeness (QED) is 0.925. The summed E-state index contributed by atoms with van der Waals surface area (Å²) in [6, 6.07) is 7.81. The van der Waals surface area contributed by atoms with E-state index in [1.807, 2.05) is 36.1 Å². The van der Waals surface area contributed by atoms with Crippen molar-refractivity contribution < 1.29 is 4.79 Å². The van der Waals surface area contributed by atoms with Crippen LogP contribution in [-0.4, -0.2) is 42.1 Å². The summed E-state index contributed by atoms with van der Waals surface area (Å²) >= 11 is 7.81. The fourth-order valence-corrected chi connectivity index (χ4v) is 3.59. The number of halogens is 1. The molecule has 0 spiro atoms. The molecule has 3 rings (SSSR count). The Morgan fingerprint density at radius 2 is 2.04 bits per heavy atom. The molecular formula is C16H19ClN4OS. The molecule has 1 fully saturated rings. The van der Waals surface area contributed by atoms with Gasteiger partial charge >= 0.3 is 6.03 Å². The summed E-state index contributed by atoms with van der Waals surface area (Å²) in [7, 11) is 0. The maximum atomic E-state index is 12.3. The number of para-hydroxylation sites is 1. The van der Waals surface area contributed by atoms with E-state index in [0.29, 0.717) is 19.6 Å². The minimum Gasteiger partial charge on any atom is -0.367 e. The number of amides is 2. The van der Waals surface area contributed by atoms with Crippen molar-refractivity contribution in [2.75, 3.05) is 31.1 Å². The Balaban J connectivity index is 1.51. The lowest BCUT2D eigenvalue weighted by molar-refractivity contribution is 0.194. The van der Waals surface area contributed by atoms with Crippen molar-refractivity contribution >= 4 is 34.7 Å². The molecule has 0 saturated carbocycles. The van der Waals surface area contributed by atoms with E-state index in [9.17, 15) is 4.79 Å². The number of aryl methyl sites for hydroxylation is 1. The number of hydrogen-bond acceptors (Lipinski definition) is 4. The molecule has 1 saturated heterocycles. The molecule has 0 bridgehead atoms. The van der Waals surface area contributed by atoms with Crippen LogP contribution in [0.1, 0.15) is 10.6 Å². The van der Waals surface area contributed by atoms with E-state index in [0.717, 1.165) is 34.4 Å². The molecule has 122 valence electrons. The third-order valence-corrected chi connectivity index (χ3v) is 5.26. The molecule has 1 N–H and O–H groups in total. The molecule has 0 aliphatic carbocycles. The van der Waals surface area contributed by atoms with Crippen LogP contribution in [0.5, 0.6) is 0 Å². The second kappa shape index (κ2) is 7.19. The lowest BCUT2D eigenvalue weighted by atomic mass is 10.2. The van der Waals surface area contributed by atoms with Crippen LogP contribution >= 0.6 is 22.9 Å². The van der Waals surface area contributed by atoms with E-state index in [1.165, 1.54) is 0 Å². The zero-order valence-corrected chi connectivity index (χ0v) is 14.5. The van der Waals surface area contributed by atoms with Gasteiger partial charge in [-0.2, -0.15) is 0 Å². The first-order valence-corrected chi connectivity index (χ1v) is 8.82. The fraction of sp³-hybridized carbons (Fsp3) is 0.375. The Morgan fingerprint density at radius 3 is 2.70 bits per heavy atom. The van der Waals surface area contributed by atoms with Crippen molar-refractivity contribution in [3.05, 3.63) is 45.4 Å². The Bertz CT molecular complexity index is 682. The second-order valence-corrected chi connectivity index (χ2v) is 6.79. The molecule has 23 heavy (non-hydrogen) atoms. The number of rotatable bonds is 3. The van der Waals surface area contributed by atoms with Crippen molar-refractivity contribution in [3.8, 4) is 0 Å². The van der Waals surface area contributed by atoms with Crippen molar-refractivity contribution in [2.24, 2.45) is 0 Å². The summed E-state index contributed by atoms with van der Waals surface area (Å²) in [5, 5.41) is 3.73. The van der Waals surface area contributed by atoms with Crippen LogP contribution in [0, 0.1) is 6.92 Å². The minimum absolute atomic E-state index is 0.0170. The van der Waals surface area contributed by atoms with Crippen LogP contribution in [-0.2, 0) is 6.54 Å². The normalized spacial score (nSPS) is 14.9. The summed E-state index contributed by atoms with van der Waals surface area (Å²) in [6.07, 6.45) is 0. The Morgan fingerprint density at radius 1 is 1.30 bits per heavy atom. The van der Waals surface area contributed by atoms with Gasteiger partial charge in [-0.15, -0.1) is 11.3 Å². The third kappa shape index (κ3) is 3.76. The molecule has 5 nitrogen and oxygen atoms in total. The van der Waals surface area contributed by atoms with Gasteiger partial charge < -0.3 is 15.1 Å². The standard InChI is InChI=1S/C16H19ClN4OS/c1-12-15(23-11-19-12)10-18-16(22)21-8-6-20(7-9-21)14-5-3-2-4-13(14)17/h2-5,11H,6-10H2,1H3,(H,18,22). The summed E-state index contributed by atoms with van der Waals surface area (Å²) < 4.78 is 0. The molecule has 0 unspecified atom stereocenters. The first-order valence-electron chi connectivity index (χ1n) is 7.56. The van der Waals surface area contributed by atoms with E-state index in [2.05, 4.69) is 15.2 Å². The van der Waals surface area contributed by atoms with Gasteiger partial charge in [0.1, 0.15) is 0 Å². The number of thiazole rings is 1. The van der Waals surface area contributed by atoms with Crippen LogP contribution < -0.4 is 10.2 Å². The number of piperazine rings is 1. The molecule has 7 heteroatoms. The van der Waals surface area contributed by atoms with Crippen molar-refractivity contribution in [2.45, 2.75) is 13.5 Å². The maximum absolute atomic E-state index is 12.3. The predicted molar refractivity (Wildman–Crippen MR) is 94.3 cm³/mol. The van der Waals surface area contributed by atoms with Gasteiger partial charge in [-0.1, -0.05) is 23.7 Å². The molecule has 1 aliphatic rings. The number of aromatic nitrogens is 1. The molecule has 0 atom stereocenters. The van der Waals surface area contributed by atoms with Crippen LogP contribution in [0.15, 0.2) is 29.8 Å². The number of nitrogens with zero attached hydrogens (tertiary/aromatic N) is 3. The minimum atomic E-state index is -0.0170. The van der Waals surface area contributed by atoms with Crippen LogP contribution in [0.25, 0.3) is 0 Å². The number of hydrogen-bond donors (Lipinski definition) is 1. The molecule has 2 amide bonds. The highest BCUT2D eigenvalue weighted by Gasteiger charge is 2.22. The molecular weight excluding hydrogens is 332 g/mol. The fourth-order valence-electron chi connectivity index (χ4n) is 2.62. The van der Waals surface area contributed by atoms with E-state index >= 15 is 0 Å². The molecule has 1 aromatic carbocycles. The zero-order chi connectivity index (χ0) is 16.2. The molecule has 0 radical (unpaired) electrons. The number of carbonyl (C=O) groups is 1. The van der Waals surface area contributed by atoms with Crippen LogP contribution in [0.4, 0.5) is 10.5 Å². The highest BCUT2D eigenvalue weighted by Crippen LogP contribution is 2.26. The van der Waals surface area contributed by atoms with E-state index in [-0.39, 0.29) is 6.03 Å². The second-order valence-electron chi connectivity index (χ2n) is 5.45. The summed E-state index contributed by atoms with van der Waals surface area (Å²) in [5.74, 6) is 0. The van der Waals surface area contributed by atoms with Crippen LogP contribution in [0.3, 0.4) is 0 Å². The van der Waals surface area contributed by atoms with Gasteiger partial charge in [0, 0.05) is 31.1 Å². The summed E-state index contributed by atoms with van der Waals surface area (Å²) in [4.78, 5) is 21.6. The number of anilines is 1. The van der Waals surface area contributed by atoms with Crippen molar-refractivity contribution in [1.29, 1.82) is 0 Å². The topological polar surface area (TPSA) is 48.5 Å². The lowest BCUT2D eigenvalue weighted by Gasteiger charge is -2.36.